The summed E-state index contributed by atoms with van der Waals surface area (Å²) in [6, 6.07) is 12.5. The van der Waals surface area contributed by atoms with Crippen molar-refractivity contribution in [3.8, 4) is 17.1 Å². The molecule has 0 radical (unpaired) electrons. The maximum absolute atomic E-state index is 12.7. The van der Waals surface area contributed by atoms with E-state index in [0.717, 1.165) is 12.0 Å². The fourth-order valence-corrected chi connectivity index (χ4v) is 4.20. The maximum Gasteiger partial charge on any atom is 0.191 e. The zero-order chi connectivity index (χ0) is 21.5. The monoisotopic (exact) mass is 465 g/mol. The van der Waals surface area contributed by atoms with Gasteiger partial charge in [-0.3, -0.25) is 4.79 Å². The van der Waals surface area contributed by atoms with Crippen LogP contribution in [0, 0.1) is 0 Å². The molecule has 158 valence electrons. The first-order valence-electron chi connectivity index (χ1n) is 9.21. The minimum absolute atomic E-state index is 0.0599. The van der Waals surface area contributed by atoms with Gasteiger partial charge in [-0.05, 0) is 36.8 Å². The number of benzene rings is 2. The van der Waals surface area contributed by atoms with E-state index >= 15 is 0 Å². The van der Waals surface area contributed by atoms with Crippen LogP contribution in [0.1, 0.15) is 16.8 Å². The van der Waals surface area contributed by atoms with E-state index in [4.69, 9.17) is 32.7 Å². The van der Waals surface area contributed by atoms with Crippen LogP contribution in [0.3, 0.4) is 0 Å². The van der Waals surface area contributed by atoms with E-state index in [9.17, 15) is 4.79 Å². The van der Waals surface area contributed by atoms with Crippen molar-refractivity contribution in [3.05, 3.63) is 58.1 Å². The Morgan fingerprint density at radius 2 is 1.90 bits per heavy atom. The van der Waals surface area contributed by atoms with Gasteiger partial charge in [0.15, 0.2) is 16.8 Å². The molecule has 9 heteroatoms. The number of hydrogen-bond donors (Lipinski definition) is 0. The minimum atomic E-state index is -0.0599. The van der Waals surface area contributed by atoms with Gasteiger partial charge >= 0.3 is 0 Å². The van der Waals surface area contributed by atoms with Crippen LogP contribution in [-0.4, -0.2) is 47.1 Å². The third-order valence-corrected chi connectivity index (χ3v) is 5.96. The molecular formula is C21H21Cl2N3O3S. The zero-order valence-corrected chi connectivity index (χ0v) is 18.9. The van der Waals surface area contributed by atoms with E-state index in [1.165, 1.54) is 18.9 Å². The Hall–Kier alpha value is -2.06. The van der Waals surface area contributed by atoms with E-state index in [0.29, 0.717) is 45.5 Å². The molecule has 0 aliphatic heterocycles. The zero-order valence-electron chi connectivity index (χ0n) is 16.6. The number of Topliss-reactive ketones (excluding diaryl/α,β-unsaturated/α-hetero) is 1. The number of carbonyl (C=O) groups excluding carboxylic acids is 1. The summed E-state index contributed by atoms with van der Waals surface area (Å²) in [5.74, 6) is 1.34. The lowest BCUT2D eigenvalue weighted by atomic mass is 10.1. The fourth-order valence-electron chi connectivity index (χ4n) is 2.86. The van der Waals surface area contributed by atoms with Crippen molar-refractivity contribution < 1.29 is 14.3 Å². The molecule has 0 unspecified atom stereocenters. The highest BCUT2D eigenvalue weighted by Gasteiger charge is 2.18. The van der Waals surface area contributed by atoms with Crippen LogP contribution in [0.2, 0.25) is 10.0 Å². The average molecular weight is 466 g/mol. The summed E-state index contributed by atoms with van der Waals surface area (Å²) >= 11 is 13.8. The lowest BCUT2D eigenvalue weighted by molar-refractivity contribution is 0.102. The van der Waals surface area contributed by atoms with Gasteiger partial charge in [0, 0.05) is 31.4 Å². The van der Waals surface area contributed by atoms with Crippen LogP contribution < -0.4 is 4.74 Å². The predicted molar refractivity (Wildman–Crippen MR) is 120 cm³/mol. The van der Waals surface area contributed by atoms with Crippen molar-refractivity contribution in [2.24, 2.45) is 0 Å². The van der Waals surface area contributed by atoms with Crippen molar-refractivity contribution in [3.63, 3.8) is 0 Å². The fraction of sp³-hybridized carbons (Fsp3) is 0.286. The molecule has 0 atom stereocenters. The molecule has 30 heavy (non-hydrogen) atoms. The van der Waals surface area contributed by atoms with Gasteiger partial charge in [-0.1, -0.05) is 47.1 Å². The number of methoxy groups -OCH3 is 2. The van der Waals surface area contributed by atoms with Gasteiger partial charge in [-0.15, -0.1) is 10.2 Å². The number of aromatic nitrogens is 3. The van der Waals surface area contributed by atoms with Gasteiger partial charge in [-0.2, -0.15) is 0 Å². The number of ketones is 1. The Bertz CT molecular complexity index is 1030. The van der Waals surface area contributed by atoms with Crippen LogP contribution in [0.15, 0.2) is 47.6 Å². The van der Waals surface area contributed by atoms with E-state index < -0.39 is 0 Å². The molecule has 0 aliphatic rings. The topological polar surface area (TPSA) is 66.2 Å². The quantitative estimate of drug-likeness (QED) is 0.230. The van der Waals surface area contributed by atoms with Crippen LogP contribution in [0.4, 0.5) is 0 Å². The smallest absolute Gasteiger partial charge is 0.191 e. The predicted octanol–water partition coefficient (Wildman–Crippen LogP) is 5.27. The molecule has 0 fully saturated rings. The molecule has 0 aliphatic carbocycles. The largest absolute Gasteiger partial charge is 0.495 e. The number of rotatable bonds is 10. The van der Waals surface area contributed by atoms with E-state index in [-0.39, 0.29) is 11.5 Å². The molecule has 1 heterocycles. The molecule has 3 rings (SSSR count). The van der Waals surface area contributed by atoms with Crippen LogP contribution in [0.25, 0.3) is 11.4 Å². The van der Waals surface area contributed by atoms with E-state index in [1.54, 1.807) is 25.3 Å². The van der Waals surface area contributed by atoms with E-state index in [2.05, 4.69) is 10.2 Å². The van der Waals surface area contributed by atoms with Gasteiger partial charge in [0.05, 0.1) is 22.9 Å². The molecule has 3 aromatic rings. The van der Waals surface area contributed by atoms with Crippen LogP contribution >= 0.6 is 35.0 Å². The number of halogens is 2. The minimum Gasteiger partial charge on any atom is -0.495 e. The molecule has 0 amide bonds. The Kier molecular flexibility index (Phi) is 8.16. The highest BCUT2D eigenvalue weighted by Crippen LogP contribution is 2.30. The van der Waals surface area contributed by atoms with Crippen LogP contribution in [0.5, 0.6) is 5.75 Å². The van der Waals surface area contributed by atoms with Gasteiger partial charge in [0.25, 0.3) is 0 Å². The molecule has 6 nitrogen and oxygen atoms in total. The Morgan fingerprint density at radius 1 is 1.10 bits per heavy atom. The third kappa shape index (κ3) is 5.35. The number of nitrogens with zero attached hydrogens (tertiary/aromatic N) is 3. The lowest BCUT2D eigenvalue weighted by Gasteiger charge is -2.11. The first-order chi connectivity index (χ1) is 14.5. The first-order valence-corrected chi connectivity index (χ1v) is 11.0. The molecule has 0 saturated carbocycles. The lowest BCUT2D eigenvalue weighted by Crippen LogP contribution is -2.08. The second-order valence-corrected chi connectivity index (χ2v) is 8.10. The van der Waals surface area contributed by atoms with Crippen molar-refractivity contribution in [2.75, 3.05) is 26.6 Å². The number of carbonyl (C=O) groups is 1. The number of ether oxygens (including phenoxy) is 2. The molecule has 0 saturated heterocycles. The Balaban J connectivity index is 1.80. The second kappa shape index (κ2) is 10.8. The van der Waals surface area contributed by atoms with Gasteiger partial charge in [0.1, 0.15) is 5.75 Å². The van der Waals surface area contributed by atoms with Gasteiger partial charge in [-0.25, -0.2) is 0 Å². The summed E-state index contributed by atoms with van der Waals surface area (Å²) in [5.41, 5.74) is 1.31. The molecule has 2 aromatic carbocycles. The maximum atomic E-state index is 12.7. The third-order valence-electron chi connectivity index (χ3n) is 4.37. The number of hydrogen-bond acceptors (Lipinski definition) is 6. The summed E-state index contributed by atoms with van der Waals surface area (Å²) < 4.78 is 12.3. The van der Waals surface area contributed by atoms with Crippen LogP contribution in [-0.2, 0) is 11.3 Å². The van der Waals surface area contributed by atoms with Gasteiger partial charge in [0.2, 0.25) is 0 Å². The molecule has 0 spiro atoms. The van der Waals surface area contributed by atoms with Crippen molar-refractivity contribution in [1.82, 2.24) is 14.8 Å². The second-order valence-electron chi connectivity index (χ2n) is 6.35. The van der Waals surface area contributed by atoms with Crippen molar-refractivity contribution in [1.29, 1.82) is 0 Å². The standard InChI is InChI=1S/C21H21Cl2N3O3S/c1-28-11-5-10-26-20(15-6-3-4-7-16(15)22)24-25-21(26)30-13-18(27)14-8-9-19(29-2)17(23)12-14/h3-4,6-9,12H,5,10-11,13H2,1-2H3. The molecular weight excluding hydrogens is 445 g/mol. The summed E-state index contributed by atoms with van der Waals surface area (Å²) in [7, 11) is 3.20. The first kappa shape index (κ1) is 22.6. The highest BCUT2D eigenvalue weighted by atomic mass is 35.5. The van der Waals surface area contributed by atoms with E-state index in [1.807, 2.05) is 28.8 Å². The SMILES string of the molecule is COCCCn1c(SCC(=O)c2ccc(OC)c(Cl)c2)nnc1-c1ccccc1Cl. The Labute approximate surface area is 189 Å². The molecule has 1 aromatic heterocycles. The molecule has 0 bridgehead atoms. The number of thioether (sulfide) groups is 1. The Morgan fingerprint density at radius 3 is 2.60 bits per heavy atom. The van der Waals surface area contributed by atoms with Gasteiger partial charge < -0.3 is 14.0 Å². The summed E-state index contributed by atoms with van der Waals surface area (Å²) in [4.78, 5) is 12.7. The summed E-state index contributed by atoms with van der Waals surface area (Å²) in [6.45, 7) is 1.25. The summed E-state index contributed by atoms with van der Waals surface area (Å²) in [6.07, 6.45) is 0.779. The van der Waals surface area contributed by atoms with Crippen molar-refractivity contribution >= 4 is 40.7 Å². The normalized spacial score (nSPS) is 10.9. The molecule has 0 N–H and O–H groups in total. The highest BCUT2D eigenvalue weighted by molar-refractivity contribution is 7.99. The summed E-state index contributed by atoms with van der Waals surface area (Å²) in [5, 5.41) is 10.3. The average Bonchev–Trinajstić information content (AvgIpc) is 3.15. The van der Waals surface area contributed by atoms with Crippen molar-refractivity contribution in [2.45, 2.75) is 18.1 Å².